The average molecular weight is 449 g/mol. The van der Waals surface area contributed by atoms with Crippen LogP contribution in [0.4, 0.5) is 5.69 Å². The molecule has 4 aromatic rings. The van der Waals surface area contributed by atoms with Gasteiger partial charge in [0.15, 0.2) is 11.4 Å². The van der Waals surface area contributed by atoms with Crippen molar-refractivity contribution in [3.63, 3.8) is 0 Å². The first-order valence-corrected chi connectivity index (χ1v) is 12.1. The SMILES string of the molecule is CCCCS(=O)(=O)Nc1cccc(-c2ccnc3c(C(=O)c4ccc(C)cc4)cnn23)c1. The van der Waals surface area contributed by atoms with Crippen LogP contribution >= 0.6 is 0 Å². The van der Waals surface area contributed by atoms with Gasteiger partial charge in [-0.3, -0.25) is 9.52 Å². The third-order valence-corrected chi connectivity index (χ3v) is 6.53. The van der Waals surface area contributed by atoms with Crippen LogP contribution in [-0.2, 0) is 10.0 Å². The van der Waals surface area contributed by atoms with Crippen LogP contribution in [0.15, 0.2) is 67.0 Å². The van der Waals surface area contributed by atoms with E-state index in [-0.39, 0.29) is 11.5 Å². The van der Waals surface area contributed by atoms with Crippen LogP contribution in [0, 0.1) is 6.92 Å². The summed E-state index contributed by atoms with van der Waals surface area (Å²) in [4.78, 5) is 17.4. The molecule has 0 amide bonds. The molecule has 0 saturated carbocycles. The molecule has 8 heteroatoms. The van der Waals surface area contributed by atoms with E-state index >= 15 is 0 Å². The smallest absolute Gasteiger partial charge is 0.232 e. The number of nitrogens with one attached hydrogen (secondary N) is 1. The van der Waals surface area contributed by atoms with Gasteiger partial charge in [-0.05, 0) is 31.5 Å². The maximum atomic E-state index is 13.0. The number of nitrogens with zero attached hydrogens (tertiary/aromatic N) is 3. The number of sulfonamides is 1. The second kappa shape index (κ2) is 8.92. The van der Waals surface area contributed by atoms with Crippen molar-refractivity contribution in [3.05, 3.63) is 83.7 Å². The first-order valence-electron chi connectivity index (χ1n) is 10.4. The molecule has 0 fully saturated rings. The third kappa shape index (κ3) is 4.55. The number of carbonyl (C=O) groups is 1. The van der Waals surface area contributed by atoms with Crippen LogP contribution in [0.2, 0.25) is 0 Å². The fourth-order valence-electron chi connectivity index (χ4n) is 3.44. The fourth-order valence-corrected chi connectivity index (χ4v) is 4.69. The molecule has 0 atom stereocenters. The lowest BCUT2D eigenvalue weighted by atomic mass is 10.0. The molecule has 0 aliphatic rings. The van der Waals surface area contributed by atoms with Crippen molar-refractivity contribution < 1.29 is 13.2 Å². The van der Waals surface area contributed by atoms with Crippen LogP contribution in [0.3, 0.4) is 0 Å². The van der Waals surface area contributed by atoms with Gasteiger partial charge in [0.2, 0.25) is 10.0 Å². The summed E-state index contributed by atoms with van der Waals surface area (Å²) in [6.45, 7) is 3.92. The summed E-state index contributed by atoms with van der Waals surface area (Å²) in [7, 11) is -3.41. The molecule has 0 radical (unpaired) electrons. The zero-order chi connectivity index (χ0) is 22.7. The Morgan fingerprint density at radius 2 is 1.88 bits per heavy atom. The standard InChI is InChI=1S/C24H24N4O3S/c1-3-4-14-32(30,31)27-20-7-5-6-19(15-20)22-12-13-25-24-21(16-26-28(22)24)23(29)18-10-8-17(2)9-11-18/h5-13,15-16,27H,3-4,14H2,1-2H3. The van der Waals surface area contributed by atoms with Crippen molar-refractivity contribution in [2.24, 2.45) is 0 Å². The van der Waals surface area contributed by atoms with Gasteiger partial charge >= 0.3 is 0 Å². The number of unbranched alkanes of at least 4 members (excludes halogenated alkanes) is 1. The van der Waals surface area contributed by atoms with E-state index in [1.54, 1.807) is 47.1 Å². The molecule has 0 aliphatic carbocycles. The van der Waals surface area contributed by atoms with Crippen LogP contribution < -0.4 is 4.72 Å². The van der Waals surface area contributed by atoms with E-state index in [0.29, 0.717) is 34.6 Å². The maximum absolute atomic E-state index is 13.0. The number of anilines is 1. The number of aromatic nitrogens is 3. The summed E-state index contributed by atoms with van der Waals surface area (Å²) in [6, 6.07) is 16.3. The fraction of sp³-hybridized carbons (Fsp3) is 0.208. The highest BCUT2D eigenvalue weighted by Crippen LogP contribution is 2.25. The van der Waals surface area contributed by atoms with E-state index in [1.807, 2.05) is 32.0 Å². The quantitative estimate of drug-likeness (QED) is 0.401. The van der Waals surface area contributed by atoms with Gasteiger partial charge < -0.3 is 0 Å². The second-order valence-corrected chi connectivity index (χ2v) is 9.52. The van der Waals surface area contributed by atoms with Crippen molar-refractivity contribution in [2.75, 3.05) is 10.5 Å². The predicted octanol–water partition coefficient (Wildman–Crippen LogP) is 4.48. The molecule has 7 nitrogen and oxygen atoms in total. The van der Waals surface area contributed by atoms with Crippen LogP contribution in [-0.4, -0.2) is 34.6 Å². The van der Waals surface area contributed by atoms with Crippen molar-refractivity contribution >= 4 is 27.1 Å². The van der Waals surface area contributed by atoms with Gasteiger partial charge in [0.25, 0.3) is 0 Å². The first-order chi connectivity index (χ1) is 15.4. The van der Waals surface area contributed by atoms with E-state index in [2.05, 4.69) is 14.8 Å². The Morgan fingerprint density at radius 1 is 1.09 bits per heavy atom. The topological polar surface area (TPSA) is 93.4 Å². The summed E-state index contributed by atoms with van der Waals surface area (Å²) >= 11 is 0. The highest BCUT2D eigenvalue weighted by molar-refractivity contribution is 7.92. The van der Waals surface area contributed by atoms with Gasteiger partial charge in [0, 0.05) is 23.0 Å². The largest absolute Gasteiger partial charge is 0.288 e. The summed E-state index contributed by atoms with van der Waals surface area (Å²) < 4.78 is 28.8. The zero-order valence-corrected chi connectivity index (χ0v) is 18.8. The van der Waals surface area contributed by atoms with Crippen LogP contribution in [0.1, 0.15) is 41.3 Å². The number of hydrogen-bond donors (Lipinski definition) is 1. The Balaban J connectivity index is 1.69. The summed E-state index contributed by atoms with van der Waals surface area (Å²) in [5.74, 6) is -0.0706. The number of aryl methyl sites for hydroxylation is 1. The van der Waals surface area contributed by atoms with Crippen LogP contribution in [0.5, 0.6) is 0 Å². The lowest BCUT2D eigenvalue weighted by molar-refractivity contribution is 0.104. The van der Waals surface area contributed by atoms with Crippen molar-refractivity contribution in [1.29, 1.82) is 0 Å². The highest BCUT2D eigenvalue weighted by atomic mass is 32.2. The Kier molecular flexibility index (Phi) is 6.05. The zero-order valence-electron chi connectivity index (χ0n) is 17.9. The summed E-state index contributed by atoms with van der Waals surface area (Å²) in [5, 5.41) is 4.40. The molecule has 2 heterocycles. The molecule has 32 heavy (non-hydrogen) atoms. The Hall–Kier alpha value is -3.52. The molecule has 2 aromatic heterocycles. The van der Waals surface area contributed by atoms with Crippen molar-refractivity contribution in [3.8, 4) is 11.3 Å². The monoisotopic (exact) mass is 448 g/mol. The van der Waals surface area contributed by atoms with E-state index in [4.69, 9.17) is 0 Å². The maximum Gasteiger partial charge on any atom is 0.232 e. The van der Waals surface area contributed by atoms with Gasteiger partial charge in [0.1, 0.15) is 0 Å². The normalized spacial score (nSPS) is 11.6. The number of rotatable bonds is 8. The van der Waals surface area contributed by atoms with Gasteiger partial charge in [0.05, 0.1) is 23.2 Å². The van der Waals surface area contributed by atoms with Gasteiger partial charge in [-0.1, -0.05) is 55.3 Å². The lowest BCUT2D eigenvalue weighted by Crippen LogP contribution is -2.16. The molecule has 0 unspecified atom stereocenters. The molecule has 0 aliphatic heterocycles. The van der Waals surface area contributed by atoms with E-state index < -0.39 is 10.0 Å². The molecule has 164 valence electrons. The second-order valence-electron chi connectivity index (χ2n) is 7.67. The Labute approximate surface area is 187 Å². The third-order valence-electron chi connectivity index (χ3n) is 5.16. The number of benzene rings is 2. The number of hydrogen-bond acceptors (Lipinski definition) is 5. The van der Waals surface area contributed by atoms with Gasteiger partial charge in [-0.15, -0.1) is 0 Å². The molecule has 0 spiro atoms. The van der Waals surface area contributed by atoms with Crippen LogP contribution in [0.25, 0.3) is 16.9 Å². The van der Waals surface area contributed by atoms with Gasteiger partial charge in [-0.2, -0.15) is 5.10 Å². The molecular formula is C24H24N4O3S. The number of carbonyl (C=O) groups excluding carboxylic acids is 1. The highest BCUT2D eigenvalue weighted by Gasteiger charge is 2.18. The first kappa shape index (κ1) is 21.7. The molecule has 4 rings (SSSR count). The van der Waals surface area contributed by atoms with E-state index in [9.17, 15) is 13.2 Å². The van der Waals surface area contributed by atoms with Gasteiger partial charge in [-0.25, -0.2) is 17.9 Å². The molecule has 0 saturated heterocycles. The number of fused-ring (bicyclic) bond motifs is 1. The molecule has 2 aromatic carbocycles. The lowest BCUT2D eigenvalue weighted by Gasteiger charge is -2.10. The van der Waals surface area contributed by atoms with Crippen molar-refractivity contribution in [2.45, 2.75) is 26.7 Å². The average Bonchev–Trinajstić information content (AvgIpc) is 3.22. The van der Waals surface area contributed by atoms with E-state index in [0.717, 1.165) is 17.5 Å². The Bertz CT molecular complexity index is 1380. The van der Waals surface area contributed by atoms with Crippen molar-refractivity contribution in [1.82, 2.24) is 14.6 Å². The predicted molar refractivity (Wildman–Crippen MR) is 125 cm³/mol. The van der Waals surface area contributed by atoms with E-state index in [1.165, 1.54) is 6.20 Å². The minimum absolute atomic E-state index is 0.0802. The number of ketones is 1. The minimum Gasteiger partial charge on any atom is -0.288 e. The summed E-state index contributed by atoms with van der Waals surface area (Å²) in [5.41, 5.74) is 4.44. The summed E-state index contributed by atoms with van der Waals surface area (Å²) in [6.07, 6.45) is 4.55. The molecular weight excluding hydrogens is 424 g/mol. The Morgan fingerprint density at radius 3 is 2.62 bits per heavy atom. The molecule has 0 bridgehead atoms. The molecule has 1 N–H and O–H groups in total. The minimum atomic E-state index is -3.41.